The van der Waals surface area contributed by atoms with Gasteiger partial charge >= 0.3 is 0 Å². The summed E-state index contributed by atoms with van der Waals surface area (Å²) in [5.74, 6) is 0.807. The molecule has 0 bridgehead atoms. The Bertz CT molecular complexity index is 229. The minimum absolute atomic E-state index is 0.467. The van der Waals surface area contributed by atoms with E-state index in [0.717, 1.165) is 12.3 Å². The number of allylic oxidation sites excluding steroid dienone is 1. The van der Waals surface area contributed by atoms with Crippen molar-refractivity contribution in [3.05, 3.63) is 12.2 Å². The predicted octanol–water partition coefficient (Wildman–Crippen LogP) is 3.85. The monoisotopic (exact) mass is 193 g/mol. The highest BCUT2D eigenvalue weighted by atomic mass is 14.6. The largest absolute Gasteiger partial charge is 0.301 e. The van der Waals surface area contributed by atoms with E-state index in [-0.39, 0.29) is 0 Å². The second kappa shape index (κ2) is 4.77. The van der Waals surface area contributed by atoms with Gasteiger partial charge in [0, 0.05) is 7.05 Å². The zero-order valence-electron chi connectivity index (χ0n) is 9.84. The van der Waals surface area contributed by atoms with Crippen LogP contribution in [-0.4, -0.2) is 13.3 Å². The van der Waals surface area contributed by atoms with Crippen molar-refractivity contribution in [2.24, 2.45) is 16.3 Å². The van der Waals surface area contributed by atoms with E-state index in [4.69, 9.17) is 0 Å². The Kier molecular flexibility index (Phi) is 3.91. The Balaban J connectivity index is 2.71. The summed E-state index contributed by atoms with van der Waals surface area (Å²) in [6.07, 6.45) is 8.24. The van der Waals surface area contributed by atoms with Crippen molar-refractivity contribution >= 4 is 6.21 Å². The first-order valence-electron chi connectivity index (χ1n) is 5.69. The SMILES string of the molecule is C=C1CC(C)CC(CC)(C/C=N\C)C1. The zero-order chi connectivity index (χ0) is 10.6. The number of rotatable bonds is 3. The van der Waals surface area contributed by atoms with E-state index in [0.29, 0.717) is 5.41 Å². The molecule has 0 aromatic rings. The molecular formula is C13H23N. The molecule has 0 aromatic carbocycles. The van der Waals surface area contributed by atoms with Gasteiger partial charge in [-0.3, -0.25) is 0 Å². The molecule has 1 heteroatoms. The van der Waals surface area contributed by atoms with Crippen molar-refractivity contribution in [3.63, 3.8) is 0 Å². The van der Waals surface area contributed by atoms with Gasteiger partial charge in [0.25, 0.3) is 0 Å². The highest BCUT2D eigenvalue weighted by Gasteiger charge is 2.33. The average molecular weight is 193 g/mol. The van der Waals surface area contributed by atoms with Crippen molar-refractivity contribution in [2.45, 2.75) is 46.0 Å². The second-order valence-electron chi connectivity index (χ2n) is 4.94. The summed E-state index contributed by atoms with van der Waals surface area (Å²) in [5.41, 5.74) is 1.91. The van der Waals surface area contributed by atoms with Crippen molar-refractivity contribution < 1.29 is 0 Å². The fraction of sp³-hybridized carbons (Fsp3) is 0.769. The first kappa shape index (κ1) is 11.5. The Labute approximate surface area is 88.3 Å². The predicted molar refractivity (Wildman–Crippen MR) is 63.9 cm³/mol. The van der Waals surface area contributed by atoms with Crippen LogP contribution in [0.1, 0.15) is 46.0 Å². The summed E-state index contributed by atoms with van der Waals surface area (Å²) in [7, 11) is 1.87. The van der Waals surface area contributed by atoms with E-state index in [2.05, 4.69) is 31.6 Å². The molecule has 0 spiro atoms. The minimum Gasteiger partial charge on any atom is -0.301 e. The lowest BCUT2D eigenvalue weighted by Gasteiger charge is -2.40. The molecule has 0 radical (unpaired) electrons. The summed E-state index contributed by atoms with van der Waals surface area (Å²) in [5, 5.41) is 0. The number of hydrogen-bond acceptors (Lipinski definition) is 1. The van der Waals surface area contributed by atoms with Gasteiger partial charge in [-0.05, 0) is 49.7 Å². The second-order valence-corrected chi connectivity index (χ2v) is 4.94. The molecule has 1 rings (SSSR count). The van der Waals surface area contributed by atoms with Crippen LogP contribution in [0.2, 0.25) is 0 Å². The summed E-state index contributed by atoms with van der Waals surface area (Å²) in [6, 6.07) is 0. The molecular weight excluding hydrogens is 170 g/mol. The topological polar surface area (TPSA) is 12.4 Å². The standard InChI is InChI=1S/C13H23N/c1-5-13(6-7-14-4)9-11(2)8-12(3)10-13/h7,12H,2,5-6,8-10H2,1,3-4H3/b14-7-. The maximum Gasteiger partial charge on any atom is 0.0273 e. The third kappa shape index (κ3) is 2.70. The quantitative estimate of drug-likeness (QED) is 0.477. The Hall–Kier alpha value is -0.590. The van der Waals surface area contributed by atoms with E-state index in [1.54, 1.807) is 0 Å². The molecule has 0 amide bonds. The van der Waals surface area contributed by atoms with Crippen LogP contribution in [-0.2, 0) is 0 Å². The molecule has 1 aliphatic rings. The van der Waals surface area contributed by atoms with Crippen LogP contribution in [0, 0.1) is 11.3 Å². The first-order chi connectivity index (χ1) is 6.62. The number of hydrogen-bond donors (Lipinski definition) is 0. The van der Waals surface area contributed by atoms with E-state index in [9.17, 15) is 0 Å². The van der Waals surface area contributed by atoms with Crippen LogP contribution in [0.5, 0.6) is 0 Å². The van der Waals surface area contributed by atoms with E-state index in [1.807, 2.05) is 7.05 Å². The molecule has 1 fully saturated rings. The molecule has 14 heavy (non-hydrogen) atoms. The van der Waals surface area contributed by atoms with Crippen molar-refractivity contribution in [1.82, 2.24) is 0 Å². The third-order valence-electron chi connectivity index (χ3n) is 3.50. The van der Waals surface area contributed by atoms with Gasteiger partial charge in [0.15, 0.2) is 0 Å². The maximum absolute atomic E-state index is 4.17. The molecule has 0 N–H and O–H groups in total. The van der Waals surface area contributed by atoms with Gasteiger partial charge in [0.1, 0.15) is 0 Å². The van der Waals surface area contributed by atoms with Gasteiger partial charge in [0.2, 0.25) is 0 Å². The molecule has 2 unspecified atom stereocenters. The summed E-state index contributed by atoms with van der Waals surface area (Å²) in [6.45, 7) is 8.82. The lowest BCUT2D eigenvalue weighted by Crippen LogP contribution is -2.28. The van der Waals surface area contributed by atoms with Crippen LogP contribution in [0.3, 0.4) is 0 Å². The van der Waals surface area contributed by atoms with Gasteiger partial charge in [0.05, 0.1) is 0 Å². The van der Waals surface area contributed by atoms with E-state index in [1.165, 1.54) is 31.3 Å². The van der Waals surface area contributed by atoms with E-state index < -0.39 is 0 Å². The summed E-state index contributed by atoms with van der Waals surface area (Å²) in [4.78, 5) is 4.12. The van der Waals surface area contributed by atoms with Crippen LogP contribution in [0.25, 0.3) is 0 Å². The molecule has 0 aliphatic heterocycles. The van der Waals surface area contributed by atoms with Gasteiger partial charge < -0.3 is 4.99 Å². The van der Waals surface area contributed by atoms with Gasteiger partial charge in [-0.2, -0.15) is 0 Å². The Morgan fingerprint density at radius 1 is 1.64 bits per heavy atom. The molecule has 80 valence electrons. The zero-order valence-corrected chi connectivity index (χ0v) is 9.84. The molecule has 1 saturated carbocycles. The molecule has 1 nitrogen and oxygen atoms in total. The first-order valence-corrected chi connectivity index (χ1v) is 5.69. The molecule has 0 aromatic heterocycles. The molecule has 0 heterocycles. The third-order valence-corrected chi connectivity index (χ3v) is 3.50. The maximum atomic E-state index is 4.17. The van der Waals surface area contributed by atoms with Gasteiger partial charge in [-0.1, -0.05) is 26.0 Å². The number of aliphatic imine (C=N–C) groups is 1. The Morgan fingerprint density at radius 2 is 2.36 bits per heavy atom. The van der Waals surface area contributed by atoms with Crippen LogP contribution < -0.4 is 0 Å². The smallest absolute Gasteiger partial charge is 0.0273 e. The fourth-order valence-electron chi connectivity index (χ4n) is 2.83. The van der Waals surface area contributed by atoms with Crippen LogP contribution in [0.4, 0.5) is 0 Å². The molecule has 1 aliphatic carbocycles. The normalized spacial score (nSPS) is 33.9. The van der Waals surface area contributed by atoms with Gasteiger partial charge in [-0.25, -0.2) is 0 Å². The van der Waals surface area contributed by atoms with Crippen molar-refractivity contribution in [1.29, 1.82) is 0 Å². The van der Waals surface area contributed by atoms with Crippen LogP contribution >= 0.6 is 0 Å². The number of nitrogens with zero attached hydrogens (tertiary/aromatic N) is 1. The molecule has 0 saturated heterocycles. The van der Waals surface area contributed by atoms with E-state index >= 15 is 0 Å². The highest BCUT2D eigenvalue weighted by Crippen LogP contribution is 2.45. The van der Waals surface area contributed by atoms with Crippen molar-refractivity contribution in [3.8, 4) is 0 Å². The fourth-order valence-corrected chi connectivity index (χ4v) is 2.83. The minimum atomic E-state index is 0.467. The lowest BCUT2D eigenvalue weighted by atomic mass is 9.65. The van der Waals surface area contributed by atoms with Crippen LogP contribution in [0.15, 0.2) is 17.1 Å². The summed E-state index contributed by atoms with van der Waals surface area (Å²) < 4.78 is 0. The highest BCUT2D eigenvalue weighted by molar-refractivity contribution is 5.58. The summed E-state index contributed by atoms with van der Waals surface area (Å²) >= 11 is 0. The van der Waals surface area contributed by atoms with Gasteiger partial charge in [-0.15, -0.1) is 0 Å². The lowest BCUT2D eigenvalue weighted by molar-refractivity contribution is 0.186. The Morgan fingerprint density at radius 3 is 2.86 bits per heavy atom. The average Bonchev–Trinajstić information content (AvgIpc) is 2.13. The van der Waals surface area contributed by atoms with Crippen molar-refractivity contribution in [2.75, 3.05) is 7.05 Å². The molecule has 2 atom stereocenters.